The molecule has 2 nitrogen and oxygen atoms in total. The van der Waals surface area contributed by atoms with Crippen LogP contribution in [0.15, 0.2) is 0 Å². The van der Waals surface area contributed by atoms with Crippen molar-refractivity contribution in [3.8, 4) is 0 Å². The lowest BCUT2D eigenvalue weighted by Gasteiger charge is -2.30. The Labute approximate surface area is 133 Å². The van der Waals surface area contributed by atoms with Crippen LogP contribution in [0.5, 0.6) is 0 Å². The van der Waals surface area contributed by atoms with Crippen molar-refractivity contribution in [2.75, 3.05) is 19.6 Å². The summed E-state index contributed by atoms with van der Waals surface area (Å²) >= 11 is 0. The van der Waals surface area contributed by atoms with Crippen molar-refractivity contribution < 1.29 is 0 Å². The van der Waals surface area contributed by atoms with Crippen LogP contribution in [-0.4, -0.2) is 36.6 Å². The highest BCUT2D eigenvalue weighted by Crippen LogP contribution is 2.24. The zero-order chi connectivity index (χ0) is 14.9. The molecule has 0 aromatic heterocycles. The van der Waals surface area contributed by atoms with Crippen LogP contribution in [0, 0.1) is 5.92 Å². The maximum Gasteiger partial charge on any atom is 0.00952 e. The third-order valence-corrected chi connectivity index (χ3v) is 5.50. The molecule has 0 unspecified atom stereocenters. The summed E-state index contributed by atoms with van der Waals surface area (Å²) in [4.78, 5) is 2.82. The predicted molar refractivity (Wildman–Crippen MR) is 92.8 cm³/mol. The van der Waals surface area contributed by atoms with Crippen LogP contribution < -0.4 is 5.32 Å². The van der Waals surface area contributed by atoms with Gasteiger partial charge in [0.1, 0.15) is 0 Å². The number of rotatable bonds is 9. The maximum absolute atomic E-state index is 3.81. The van der Waals surface area contributed by atoms with E-state index in [4.69, 9.17) is 0 Å². The smallest absolute Gasteiger partial charge is 0.00952 e. The van der Waals surface area contributed by atoms with E-state index in [1.165, 1.54) is 90.3 Å². The minimum atomic E-state index is 0.828. The highest BCUT2D eigenvalue weighted by atomic mass is 15.2. The molecule has 0 bridgehead atoms. The van der Waals surface area contributed by atoms with Crippen molar-refractivity contribution in [3.05, 3.63) is 0 Å². The van der Waals surface area contributed by atoms with Crippen LogP contribution in [-0.2, 0) is 0 Å². The molecule has 0 aromatic rings. The van der Waals surface area contributed by atoms with Gasteiger partial charge in [-0.05, 0) is 64.1 Å². The molecule has 124 valence electrons. The quantitative estimate of drug-likeness (QED) is 0.626. The monoisotopic (exact) mass is 294 g/mol. The first-order valence-electron chi connectivity index (χ1n) is 9.73. The summed E-state index contributed by atoms with van der Waals surface area (Å²) in [5.41, 5.74) is 0. The second-order valence-electron chi connectivity index (χ2n) is 7.80. The van der Waals surface area contributed by atoms with E-state index in [1.807, 2.05) is 0 Å². The van der Waals surface area contributed by atoms with Crippen LogP contribution in [0.1, 0.15) is 84.5 Å². The summed E-state index contributed by atoms with van der Waals surface area (Å²) < 4.78 is 0. The Balaban J connectivity index is 1.63. The largest absolute Gasteiger partial charge is 0.314 e. The molecule has 2 aliphatic rings. The fraction of sp³-hybridized carbons (Fsp3) is 1.00. The molecule has 0 amide bonds. The molecule has 0 heterocycles. The van der Waals surface area contributed by atoms with Crippen molar-refractivity contribution in [1.82, 2.24) is 10.2 Å². The second-order valence-corrected chi connectivity index (χ2v) is 7.80. The van der Waals surface area contributed by atoms with Gasteiger partial charge in [-0.2, -0.15) is 0 Å². The first-order valence-corrected chi connectivity index (χ1v) is 9.73. The van der Waals surface area contributed by atoms with Crippen LogP contribution in [0.2, 0.25) is 0 Å². The molecule has 21 heavy (non-hydrogen) atoms. The maximum atomic E-state index is 3.81. The molecule has 0 atom stereocenters. The summed E-state index contributed by atoms with van der Waals surface area (Å²) in [5.74, 6) is 0.842. The fourth-order valence-corrected chi connectivity index (χ4v) is 4.07. The highest BCUT2D eigenvalue weighted by molar-refractivity contribution is 4.78. The highest BCUT2D eigenvalue weighted by Gasteiger charge is 2.22. The van der Waals surface area contributed by atoms with Gasteiger partial charge in [0.2, 0.25) is 0 Å². The molecule has 0 saturated heterocycles. The van der Waals surface area contributed by atoms with E-state index in [9.17, 15) is 0 Å². The molecule has 0 aliphatic heterocycles. The minimum absolute atomic E-state index is 0.828. The lowest BCUT2D eigenvalue weighted by atomic mass is 9.95. The van der Waals surface area contributed by atoms with Crippen molar-refractivity contribution in [1.29, 1.82) is 0 Å². The van der Waals surface area contributed by atoms with Gasteiger partial charge in [0, 0.05) is 12.1 Å². The van der Waals surface area contributed by atoms with Gasteiger partial charge in [-0.25, -0.2) is 0 Å². The molecule has 2 aliphatic carbocycles. The summed E-state index contributed by atoms with van der Waals surface area (Å²) in [6, 6.07) is 1.73. The van der Waals surface area contributed by atoms with Crippen molar-refractivity contribution in [2.45, 2.75) is 96.6 Å². The van der Waals surface area contributed by atoms with Gasteiger partial charge >= 0.3 is 0 Å². The molecule has 0 aromatic carbocycles. The Kier molecular flexibility index (Phi) is 8.10. The van der Waals surface area contributed by atoms with Crippen molar-refractivity contribution in [3.63, 3.8) is 0 Å². The van der Waals surface area contributed by atoms with Crippen LogP contribution >= 0.6 is 0 Å². The van der Waals surface area contributed by atoms with Gasteiger partial charge in [0.25, 0.3) is 0 Å². The number of hydrogen-bond donors (Lipinski definition) is 1. The van der Waals surface area contributed by atoms with E-state index in [0.717, 1.165) is 18.0 Å². The van der Waals surface area contributed by atoms with Crippen molar-refractivity contribution in [2.24, 2.45) is 5.92 Å². The number of nitrogens with zero attached hydrogens (tertiary/aromatic N) is 1. The topological polar surface area (TPSA) is 15.3 Å². The van der Waals surface area contributed by atoms with E-state index < -0.39 is 0 Å². The molecule has 0 spiro atoms. The molecule has 2 heteroatoms. The Morgan fingerprint density at radius 1 is 0.905 bits per heavy atom. The molecule has 1 N–H and O–H groups in total. The molecule has 2 fully saturated rings. The van der Waals surface area contributed by atoms with E-state index in [-0.39, 0.29) is 0 Å². The average Bonchev–Trinajstić information content (AvgIpc) is 3.01. The second kappa shape index (κ2) is 9.84. The molecule has 2 rings (SSSR count). The van der Waals surface area contributed by atoms with Gasteiger partial charge in [-0.1, -0.05) is 46.0 Å². The standard InChI is InChI=1S/C19H38N2/c1-17(2)13-16-21(19-11-6-7-12-19)15-8-14-20-18-9-4-3-5-10-18/h17-20H,3-16H2,1-2H3. The Morgan fingerprint density at radius 2 is 1.57 bits per heavy atom. The number of hydrogen-bond acceptors (Lipinski definition) is 2. The summed E-state index contributed by atoms with van der Waals surface area (Å²) in [6.45, 7) is 8.59. The Bertz CT molecular complexity index is 252. The van der Waals surface area contributed by atoms with E-state index in [0.29, 0.717) is 0 Å². The SMILES string of the molecule is CC(C)CCN(CCCNC1CCCCC1)C1CCCC1. The van der Waals surface area contributed by atoms with Crippen LogP contribution in [0.25, 0.3) is 0 Å². The fourth-order valence-electron chi connectivity index (χ4n) is 4.07. The summed E-state index contributed by atoms with van der Waals surface area (Å²) in [6.07, 6.45) is 15.7. The third-order valence-electron chi connectivity index (χ3n) is 5.50. The van der Waals surface area contributed by atoms with Crippen LogP contribution in [0.3, 0.4) is 0 Å². The summed E-state index contributed by atoms with van der Waals surface area (Å²) in [7, 11) is 0. The van der Waals surface area contributed by atoms with E-state index >= 15 is 0 Å². The average molecular weight is 295 g/mol. The molecular weight excluding hydrogens is 256 g/mol. The van der Waals surface area contributed by atoms with Gasteiger partial charge in [-0.15, -0.1) is 0 Å². The lowest BCUT2D eigenvalue weighted by Crippen LogP contribution is -2.38. The van der Waals surface area contributed by atoms with Crippen LogP contribution in [0.4, 0.5) is 0 Å². The molecule has 2 saturated carbocycles. The third kappa shape index (κ3) is 6.69. The van der Waals surface area contributed by atoms with Gasteiger partial charge in [0.05, 0.1) is 0 Å². The van der Waals surface area contributed by atoms with E-state index in [2.05, 4.69) is 24.1 Å². The lowest BCUT2D eigenvalue weighted by molar-refractivity contribution is 0.184. The van der Waals surface area contributed by atoms with Gasteiger partial charge in [0.15, 0.2) is 0 Å². The van der Waals surface area contributed by atoms with E-state index in [1.54, 1.807) is 0 Å². The first-order chi connectivity index (χ1) is 10.3. The first kappa shape index (κ1) is 17.3. The normalized spacial score (nSPS) is 21.7. The van der Waals surface area contributed by atoms with Gasteiger partial charge in [-0.3, -0.25) is 0 Å². The number of nitrogens with one attached hydrogen (secondary N) is 1. The summed E-state index contributed by atoms with van der Waals surface area (Å²) in [5, 5.41) is 3.81. The molecule has 0 radical (unpaired) electrons. The molecular formula is C19H38N2. The minimum Gasteiger partial charge on any atom is -0.314 e. The zero-order valence-corrected chi connectivity index (χ0v) is 14.6. The van der Waals surface area contributed by atoms with Gasteiger partial charge < -0.3 is 10.2 Å². The Hall–Kier alpha value is -0.0800. The predicted octanol–water partition coefficient (Wildman–Crippen LogP) is 4.59. The van der Waals surface area contributed by atoms with Crippen molar-refractivity contribution >= 4 is 0 Å². The zero-order valence-electron chi connectivity index (χ0n) is 14.6. The Morgan fingerprint density at radius 3 is 2.24 bits per heavy atom.